The van der Waals surface area contributed by atoms with Crippen molar-refractivity contribution in [2.45, 2.75) is 16.6 Å². The van der Waals surface area contributed by atoms with E-state index in [-0.39, 0.29) is 19.5 Å². The third-order valence-corrected chi connectivity index (χ3v) is 8.83. The SMILES string of the molecule is O=S1(=O)CCN(S(=O)(=O)c2ccc(F)c(F)c2)CCC1c1ccccc1Cl. The largest absolute Gasteiger partial charge is 0.243 e. The van der Waals surface area contributed by atoms with Crippen LogP contribution in [0, 0.1) is 11.6 Å². The van der Waals surface area contributed by atoms with Gasteiger partial charge in [0.15, 0.2) is 21.5 Å². The Labute approximate surface area is 161 Å². The van der Waals surface area contributed by atoms with Gasteiger partial charge < -0.3 is 0 Å². The zero-order valence-corrected chi connectivity index (χ0v) is 16.4. The Balaban J connectivity index is 1.93. The van der Waals surface area contributed by atoms with Crippen molar-refractivity contribution >= 4 is 31.5 Å². The van der Waals surface area contributed by atoms with Gasteiger partial charge in [-0.05, 0) is 36.2 Å². The van der Waals surface area contributed by atoms with Crippen LogP contribution in [0.15, 0.2) is 47.4 Å². The zero-order chi connectivity index (χ0) is 19.8. The lowest BCUT2D eigenvalue weighted by molar-refractivity contribution is 0.427. The molecule has 27 heavy (non-hydrogen) atoms. The summed E-state index contributed by atoms with van der Waals surface area (Å²) in [6, 6.07) is 8.79. The first-order chi connectivity index (χ1) is 12.6. The van der Waals surface area contributed by atoms with E-state index >= 15 is 0 Å². The van der Waals surface area contributed by atoms with Gasteiger partial charge in [0, 0.05) is 18.1 Å². The summed E-state index contributed by atoms with van der Waals surface area (Å²) in [5.74, 6) is -2.84. The Morgan fingerprint density at radius 3 is 2.41 bits per heavy atom. The van der Waals surface area contributed by atoms with E-state index in [2.05, 4.69) is 0 Å². The molecule has 1 fully saturated rings. The maximum absolute atomic E-state index is 13.4. The average Bonchev–Trinajstić information content (AvgIpc) is 2.76. The maximum Gasteiger partial charge on any atom is 0.243 e. The molecular weight excluding hydrogens is 420 g/mol. The summed E-state index contributed by atoms with van der Waals surface area (Å²) in [6.07, 6.45) is 0.00890. The summed E-state index contributed by atoms with van der Waals surface area (Å²) >= 11 is 6.12. The smallest absolute Gasteiger partial charge is 0.228 e. The Hall–Kier alpha value is -1.55. The third-order valence-electron chi connectivity index (χ3n) is 4.48. The van der Waals surface area contributed by atoms with Gasteiger partial charge in [-0.2, -0.15) is 4.31 Å². The number of benzene rings is 2. The zero-order valence-electron chi connectivity index (χ0n) is 14.0. The van der Waals surface area contributed by atoms with Gasteiger partial charge in [-0.15, -0.1) is 0 Å². The van der Waals surface area contributed by atoms with Crippen LogP contribution >= 0.6 is 11.6 Å². The van der Waals surface area contributed by atoms with Crippen molar-refractivity contribution in [2.75, 3.05) is 18.8 Å². The van der Waals surface area contributed by atoms with Crippen molar-refractivity contribution in [2.24, 2.45) is 0 Å². The van der Waals surface area contributed by atoms with Gasteiger partial charge in [0.05, 0.1) is 15.9 Å². The fraction of sp³-hybridized carbons (Fsp3) is 0.294. The molecule has 1 heterocycles. The minimum absolute atomic E-state index is 0.00890. The highest BCUT2D eigenvalue weighted by atomic mass is 35.5. The molecule has 1 unspecified atom stereocenters. The summed E-state index contributed by atoms with van der Waals surface area (Å²) < 4.78 is 78.3. The average molecular weight is 436 g/mol. The van der Waals surface area contributed by atoms with Crippen molar-refractivity contribution in [1.29, 1.82) is 0 Å². The molecule has 5 nitrogen and oxygen atoms in total. The highest BCUT2D eigenvalue weighted by molar-refractivity contribution is 7.92. The van der Waals surface area contributed by atoms with Crippen LogP contribution in [-0.2, 0) is 19.9 Å². The van der Waals surface area contributed by atoms with Gasteiger partial charge in [0.1, 0.15) is 0 Å². The molecule has 10 heteroatoms. The van der Waals surface area contributed by atoms with E-state index in [1.165, 1.54) is 0 Å². The van der Waals surface area contributed by atoms with Gasteiger partial charge >= 0.3 is 0 Å². The number of sulfonamides is 1. The van der Waals surface area contributed by atoms with Gasteiger partial charge in [-0.25, -0.2) is 25.6 Å². The molecule has 1 saturated heterocycles. The van der Waals surface area contributed by atoms with Gasteiger partial charge in [-0.3, -0.25) is 0 Å². The second-order valence-electron chi connectivity index (χ2n) is 6.15. The first kappa shape index (κ1) is 20.2. The predicted octanol–water partition coefficient (Wildman–Crippen LogP) is 3.17. The molecule has 0 aliphatic carbocycles. The van der Waals surface area contributed by atoms with E-state index in [9.17, 15) is 25.6 Å². The molecule has 2 aromatic rings. The lowest BCUT2D eigenvalue weighted by Gasteiger charge is -2.20. The van der Waals surface area contributed by atoms with Crippen LogP contribution in [0.4, 0.5) is 8.78 Å². The van der Waals surface area contributed by atoms with E-state index in [1.54, 1.807) is 24.3 Å². The summed E-state index contributed by atoms with van der Waals surface area (Å²) in [7, 11) is -7.81. The third kappa shape index (κ3) is 4.01. The van der Waals surface area contributed by atoms with Crippen LogP contribution < -0.4 is 0 Å². The fourth-order valence-corrected chi connectivity index (χ4v) is 6.77. The second kappa shape index (κ2) is 7.46. The molecule has 0 spiro atoms. The van der Waals surface area contributed by atoms with E-state index in [0.717, 1.165) is 16.4 Å². The molecule has 2 aromatic carbocycles. The predicted molar refractivity (Wildman–Crippen MR) is 97.7 cm³/mol. The van der Waals surface area contributed by atoms with Crippen LogP contribution in [-0.4, -0.2) is 40.0 Å². The quantitative estimate of drug-likeness (QED) is 0.742. The fourth-order valence-electron chi connectivity index (χ4n) is 3.04. The number of hydrogen-bond acceptors (Lipinski definition) is 4. The number of rotatable bonds is 3. The molecule has 0 aromatic heterocycles. The molecular formula is C17H16ClF2NO4S2. The van der Waals surface area contributed by atoms with Crippen molar-refractivity contribution in [1.82, 2.24) is 4.31 Å². The monoisotopic (exact) mass is 435 g/mol. The molecule has 3 rings (SSSR count). The van der Waals surface area contributed by atoms with E-state index in [4.69, 9.17) is 11.6 Å². The highest BCUT2D eigenvalue weighted by Crippen LogP contribution is 2.35. The molecule has 0 N–H and O–H groups in total. The molecule has 1 atom stereocenters. The summed E-state index contributed by atoms with van der Waals surface area (Å²) in [6.45, 7) is -0.360. The van der Waals surface area contributed by atoms with Crippen molar-refractivity contribution in [3.05, 3.63) is 64.7 Å². The minimum atomic E-state index is -4.16. The lowest BCUT2D eigenvalue weighted by atomic mass is 10.1. The van der Waals surface area contributed by atoms with Crippen molar-refractivity contribution < 1.29 is 25.6 Å². The summed E-state index contributed by atoms with van der Waals surface area (Å²) in [4.78, 5) is -0.421. The molecule has 0 radical (unpaired) electrons. The highest BCUT2D eigenvalue weighted by Gasteiger charge is 2.36. The second-order valence-corrected chi connectivity index (χ2v) is 10.8. The molecule has 146 valence electrons. The number of hydrogen-bond donors (Lipinski definition) is 0. The van der Waals surface area contributed by atoms with Crippen LogP contribution in [0.25, 0.3) is 0 Å². The standard InChI is InChI=1S/C17H16ClF2NO4S2/c18-14-4-2-1-3-13(14)17-7-8-21(9-10-26(17,22)23)27(24,25)12-5-6-15(19)16(20)11-12/h1-6,11,17H,7-10H2. The van der Waals surface area contributed by atoms with Gasteiger partial charge in [0.25, 0.3) is 0 Å². The van der Waals surface area contributed by atoms with E-state index in [0.29, 0.717) is 16.7 Å². The molecule has 1 aliphatic rings. The van der Waals surface area contributed by atoms with Crippen LogP contribution in [0.1, 0.15) is 17.2 Å². The Morgan fingerprint density at radius 2 is 1.74 bits per heavy atom. The van der Waals surface area contributed by atoms with Crippen molar-refractivity contribution in [3.63, 3.8) is 0 Å². The first-order valence-corrected chi connectivity index (χ1v) is 11.6. The van der Waals surface area contributed by atoms with Gasteiger partial charge in [0.2, 0.25) is 10.0 Å². The lowest BCUT2D eigenvalue weighted by Crippen LogP contribution is -2.33. The summed E-state index contributed by atoms with van der Waals surface area (Å²) in [5.41, 5.74) is 0.422. The van der Waals surface area contributed by atoms with Crippen LogP contribution in [0.2, 0.25) is 5.02 Å². The van der Waals surface area contributed by atoms with Crippen LogP contribution in [0.3, 0.4) is 0 Å². The number of nitrogens with zero attached hydrogens (tertiary/aromatic N) is 1. The maximum atomic E-state index is 13.4. The normalized spacial score (nSPS) is 20.9. The topological polar surface area (TPSA) is 71.5 Å². The number of halogens is 3. The Bertz CT molecular complexity index is 1070. The van der Waals surface area contributed by atoms with Crippen LogP contribution in [0.5, 0.6) is 0 Å². The number of sulfone groups is 1. The van der Waals surface area contributed by atoms with E-state index in [1.807, 2.05) is 0 Å². The van der Waals surface area contributed by atoms with E-state index < -0.39 is 47.4 Å². The molecule has 0 amide bonds. The molecule has 0 saturated carbocycles. The minimum Gasteiger partial charge on any atom is -0.228 e. The molecule has 1 aliphatic heterocycles. The summed E-state index contributed by atoms with van der Waals surface area (Å²) in [5, 5.41) is -0.639. The Morgan fingerprint density at radius 1 is 1.04 bits per heavy atom. The first-order valence-electron chi connectivity index (χ1n) is 8.04. The van der Waals surface area contributed by atoms with Crippen molar-refractivity contribution in [3.8, 4) is 0 Å². The molecule has 0 bridgehead atoms. The Kier molecular flexibility index (Phi) is 5.58. The van der Waals surface area contributed by atoms with Gasteiger partial charge in [-0.1, -0.05) is 29.8 Å².